The molecule has 20 aromatic rings. The Balaban J connectivity index is 0.000000114. The zero-order chi connectivity index (χ0) is 94.7. The summed E-state index contributed by atoms with van der Waals surface area (Å²) in [5.41, 5.74) is 23.4. The van der Waals surface area contributed by atoms with E-state index in [4.69, 9.17) is 31.0 Å². The Hall–Kier alpha value is -18.3. The number of aromatic nitrogens is 20. The number of nitrogens with one attached hydrogen (secondary N) is 12. The van der Waals surface area contributed by atoms with Crippen LogP contribution in [0, 0.1) is 32.2 Å². The number of hydrogen-bond donors (Lipinski definition) is 12. The second kappa shape index (κ2) is 37.8. The number of H-pyrrole nitrogens is 8. The lowest BCUT2D eigenvalue weighted by Gasteiger charge is -2.32. The smallest absolute Gasteiger partial charge is 0.322 e. The van der Waals surface area contributed by atoms with E-state index in [1.807, 2.05) is 126 Å². The van der Waals surface area contributed by atoms with Crippen molar-refractivity contribution in [3.05, 3.63) is 266 Å². The van der Waals surface area contributed by atoms with Crippen LogP contribution in [-0.2, 0) is 19.6 Å². The van der Waals surface area contributed by atoms with Gasteiger partial charge in [0, 0.05) is 204 Å². The quantitative estimate of drug-likeness (QED) is 0.0450. The molecule has 0 radical (unpaired) electrons. The van der Waals surface area contributed by atoms with Crippen LogP contribution < -0.4 is 20.7 Å². The molecule has 12 N–H and O–H groups in total. The summed E-state index contributed by atoms with van der Waals surface area (Å²) in [6, 6.07) is 45.2. The highest BCUT2D eigenvalue weighted by Crippen LogP contribution is 2.41. The van der Waals surface area contributed by atoms with Crippen molar-refractivity contribution in [1.29, 1.82) is 0 Å². The number of piperazine rings is 1. The first-order chi connectivity index (χ1) is 67.3. The molecule has 0 saturated carbocycles. The lowest BCUT2D eigenvalue weighted by Crippen LogP contribution is -2.48. The average molecular weight is 1850 g/mol. The zero-order valence-corrected chi connectivity index (χ0v) is 75.0. The van der Waals surface area contributed by atoms with Crippen LogP contribution in [0.5, 0.6) is 0 Å². The predicted molar refractivity (Wildman–Crippen MR) is 530 cm³/mol. The van der Waals surface area contributed by atoms with Crippen molar-refractivity contribution in [3.63, 3.8) is 0 Å². The number of carbonyl (C=O) groups excluding carboxylic acids is 3. The van der Waals surface area contributed by atoms with E-state index < -0.39 is 10.0 Å². The molecule has 23 rings (SSSR count). The third-order valence-corrected chi connectivity index (χ3v) is 24.9. The lowest BCUT2D eigenvalue weighted by molar-refractivity contribution is -0.121. The number of amides is 5. The number of morpholine rings is 1. The van der Waals surface area contributed by atoms with Gasteiger partial charge in [0.1, 0.15) is 0 Å². The second-order valence-corrected chi connectivity index (χ2v) is 35.2. The third-order valence-electron chi connectivity index (χ3n) is 24.3. The van der Waals surface area contributed by atoms with Gasteiger partial charge in [-0.1, -0.05) is 48.5 Å². The Kier molecular flexibility index (Phi) is 24.0. The minimum Gasteiger partial charge on any atom is -0.378 e. The molecule has 3 aliphatic rings. The van der Waals surface area contributed by atoms with Crippen molar-refractivity contribution in [2.45, 2.75) is 12.8 Å². The van der Waals surface area contributed by atoms with E-state index in [1.54, 1.807) is 97.3 Å². The number of aromatic amines is 8. The molecule has 19 heterocycles. The van der Waals surface area contributed by atoms with Crippen LogP contribution in [0.3, 0.4) is 0 Å². The van der Waals surface area contributed by atoms with Crippen LogP contribution in [0.2, 0.25) is 0 Å². The number of piperidine rings is 1. The highest BCUT2D eigenvalue weighted by atomic mass is 32.2. The van der Waals surface area contributed by atoms with Crippen molar-refractivity contribution < 1.29 is 27.5 Å². The molecular formula is C99H82N32O6S. The molecule has 4 aromatic carbocycles. The van der Waals surface area contributed by atoms with Gasteiger partial charge in [-0.05, 0) is 137 Å². The second-order valence-electron chi connectivity index (χ2n) is 33.4. The Bertz CT molecular complexity index is 8200. The normalized spacial score (nSPS) is 13.7. The number of nitrogens with zero attached hydrogens (tertiary/aromatic N) is 20. The van der Waals surface area contributed by atoms with E-state index in [2.05, 4.69) is 165 Å². The fourth-order valence-electron chi connectivity index (χ4n) is 17.1. The van der Waals surface area contributed by atoms with Gasteiger partial charge in [0.05, 0.1) is 139 Å². The van der Waals surface area contributed by atoms with Crippen molar-refractivity contribution in [1.82, 2.24) is 120 Å². The van der Waals surface area contributed by atoms with Crippen LogP contribution in [0.1, 0.15) is 12.8 Å². The van der Waals surface area contributed by atoms with Gasteiger partial charge >= 0.3 is 12.1 Å². The van der Waals surface area contributed by atoms with Gasteiger partial charge < -0.3 is 60.2 Å². The maximum atomic E-state index is 12.8. The van der Waals surface area contributed by atoms with Gasteiger partial charge in [0.25, 0.3) is 0 Å². The summed E-state index contributed by atoms with van der Waals surface area (Å²) in [4.78, 5) is 109. The molecule has 0 spiro atoms. The van der Waals surface area contributed by atoms with Gasteiger partial charge in [-0.3, -0.25) is 49.8 Å². The fourth-order valence-corrected chi connectivity index (χ4v) is 17.6. The molecule has 39 heteroatoms. The summed E-state index contributed by atoms with van der Waals surface area (Å²) in [5.74, 6) is 0.0707. The summed E-state index contributed by atoms with van der Waals surface area (Å²) in [5, 5.41) is 45.3. The van der Waals surface area contributed by atoms with E-state index in [-0.39, 0.29) is 23.9 Å². The molecule has 16 aromatic heterocycles. The molecule has 680 valence electrons. The number of likely N-dealkylation sites (tertiary alicyclic amines) is 1. The fraction of sp³-hybridized carbons (Fsp3) is 0.162. The number of pyridine rings is 8. The molecule has 0 unspecified atom stereocenters. The summed E-state index contributed by atoms with van der Waals surface area (Å²) in [6.07, 6.45) is 23.0. The topological polar surface area (TPSA) is 454 Å². The first kappa shape index (κ1) is 87.7. The summed E-state index contributed by atoms with van der Waals surface area (Å²) < 4.78 is 30.8. The van der Waals surface area contributed by atoms with E-state index in [1.165, 1.54) is 6.20 Å². The van der Waals surface area contributed by atoms with Crippen LogP contribution in [-0.4, -0.2) is 233 Å². The third kappa shape index (κ3) is 18.5. The molecule has 5 amide bonds. The minimum atomic E-state index is -3.41. The van der Waals surface area contributed by atoms with E-state index in [0.29, 0.717) is 113 Å². The van der Waals surface area contributed by atoms with Crippen molar-refractivity contribution in [2.75, 3.05) is 107 Å². The molecule has 0 aliphatic carbocycles. The maximum absolute atomic E-state index is 12.8. The Labute approximate surface area is 785 Å². The standard InChI is InChI=1S/C27H24N8O.C26H23N9O.C25H20N8O2.C21H15N7O2S/c1-28-22-4-3-5-23-20(22)12-24(32-23)25-21-11-18(14-30-26(21)34-33-25)17-10-19(15-29-13-17)31-27(36)16-6-8-35(2)9-7-16;1-27-21-4-3-5-22-19(21)12-23(31-22)24-20-11-17(14-29-25(20)33-32-24)16-10-18(15-28-13-16)30-26(36)35-8-6-34(2)7-9-35;1-26-20-3-2-4-21-18(20)11-22(30-21)23-19-10-16(13-28-24(19)32-31-23)15-9-17(14-27-12-15)29-25(34)33-5-7-35-8-6-33;1-22-17-4-3-5-18-15(17)8-19(25-18)20-16-7-13(10-24-21(16)27-26-20)12-6-14(11-23-9-12)28-31(2,29)30/h3-5,10-16,32H,6-9H2,2H3,(H,31,36)(H,30,33,34);3-5,10-15,31H,6-9H2,2H3,(H,30,36)(H,29,32,33);2-4,9-14,30H,5-8H2,(H,29,34)(H,28,31,32);3-11,25,28H,2H3,(H,24,26,27). The molecule has 3 saturated heterocycles. The molecule has 38 nitrogen and oxygen atoms in total. The highest BCUT2D eigenvalue weighted by molar-refractivity contribution is 7.92. The molecule has 3 aliphatic heterocycles. The van der Waals surface area contributed by atoms with E-state index >= 15 is 0 Å². The summed E-state index contributed by atoms with van der Waals surface area (Å²) >= 11 is 0. The number of benzene rings is 4. The van der Waals surface area contributed by atoms with Crippen LogP contribution in [0.25, 0.3) is 197 Å². The number of fused-ring (bicyclic) bond motifs is 8. The van der Waals surface area contributed by atoms with Crippen molar-refractivity contribution >= 4 is 161 Å². The van der Waals surface area contributed by atoms with Gasteiger partial charge in [-0.2, -0.15) is 20.4 Å². The average Bonchev–Trinajstić information content (AvgIpc) is 1.57. The lowest BCUT2D eigenvalue weighted by atomic mass is 9.96. The van der Waals surface area contributed by atoms with Crippen LogP contribution in [0.15, 0.2) is 220 Å². The first-order valence-corrected chi connectivity index (χ1v) is 45.7. The van der Waals surface area contributed by atoms with E-state index in [9.17, 15) is 22.8 Å². The predicted octanol–water partition coefficient (Wildman–Crippen LogP) is 18.2. The maximum Gasteiger partial charge on any atom is 0.322 e. The van der Waals surface area contributed by atoms with Crippen LogP contribution in [0.4, 0.5) is 55.1 Å². The summed E-state index contributed by atoms with van der Waals surface area (Å²) in [6.45, 7) is 36.9. The van der Waals surface area contributed by atoms with E-state index in [0.717, 1.165) is 195 Å². The number of ether oxygens (including phenoxy) is 1. The number of hydrogen-bond acceptors (Lipinski definition) is 20. The largest absolute Gasteiger partial charge is 0.378 e. The van der Waals surface area contributed by atoms with Crippen molar-refractivity contribution in [2.24, 2.45) is 5.92 Å². The van der Waals surface area contributed by atoms with Gasteiger partial charge in [-0.15, -0.1) is 0 Å². The molecule has 0 bridgehead atoms. The SMILES string of the molecule is [C-]#[N+]c1cccc2[nH]c(-c3[nH]nc4ncc(-c5cncc(NC(=O)C6CCN(C)CC6)c5)cc34)cc12.[C-]#[N+]c1cccc2[nH]c(-c3[nH]nc4ncc(-c5cncc(NC(=O)N6CCN(C)CC6)c5)cc34)cc12.[C-]#[N+]c1cccc2[nH]c(-c3[nH]nc4ncc(-c5cncc(NC(=O)N6CCOCC6)c5)cc34)cc12.[C-]#[N+]c1cccc2[nH]c(-c3[nH]nc4ncc(-c5cncc(NS(C)(=O)=O)c5)cc34)cc12. The molecule has 3 fully saturated rings. The van der Waals surface area contributed by atoms with Crippen molar-refractivity contribution in [3.8, 4) is 90.1 Å². The minimum absolute atomic E-state index is 0.0241. The van der Waals surface area contributed by atoms with Crippen LogP contribution >= 0.6 is 0 Å². The Morgan fingerprint density at radius 1 is 0.362 bits per heavy atom. The van der Waals surface area contributed by atoms with Gasteiger partial charge in [0.15, 0.2) is 45.3 Å². The Morgan fingerprint density at radius 2 is 0.659 bits per heavy atom. The molecule has 138 heavy (non-hydrogen) atoms. The number of carbonyl (C=O) groups is 3. The highest BCUT2D eigenvalue weighted by Gasteiger charge is 2.27. The monoisotopic (exact) mass is 1850 g/mol. The number of anilines is 4. The Morgan fingerprint density at radius 3 is 0.986 bits per heavy atom. The summed E-state index contributed by atoms with van der Waals surface area (Å²) in [7, 11) is 0.732. The number of sulfonamides is 1. The number of urea groups is 2. The van der Waals surface area contributed by atoms with Gasteiger partial charge in [0.2, 0.25) is 15.9 Å². The first-order valence-electron chi connectivity index (χ1n) is 43.8. The molecule has 0 atom stereocenters. The van der Waals surface area contributed by atoms with Gasteiger partial charge in [-0.25, -0.2) is 57.3 Å². The number of rotatable bonds is 14. The zero-order valence-electron chi connectivity index (χ0n) is 74.1. The molecular weight excluding hydrogens is 1770 g/mol. The number of likely N-dealkylation sites (N-methyl/N-ethyl adjacent to an activating group) is 1.